The van der Waals surface area contributed by atoms with Crippen molar-refractivity contribution in [3.63, 3.8) is 0 Å². The van der Waals surface area contributed by atoms with Gasteiger partial charge in [-0.2, -0.15) is 0 Å². The van der Waals surface area contributed by atoms with Crippen molar-refractivity contribution in [1.82, 2.24) is 0 Å². The van der Waals surface area contributed by atoms with Crippen LogP contribution in [0.3, 0.4) is 0 Å². The summed E-state index contributed by atoms with van der Waals surface area (Å²) >= 11 is -11.5. The van der Waals surface area contributed by atoms with E-state index in [2.05, 4.69) is 0 Å². The second-order valence-corrected chi connectivity index (χ2v) is 3.37. The van der Waals surface area contributed by atoms with Crippen molar-refractivity contribution in [2.45, 2.75) is 0 Å². The van der Waals surface area contributed by atoms with Gasteiger partial charge in [0.2, 0.25) is 0 Å². The molecule has 0 heterocycles. The average Bonchev–Trinajstić information content (AvgIpc) is 1.12. The number of hydrogen-bond acceptors (Lipinski definition) is 8. The molecule has 0 spiro atoms. The van der Waals surface area contributed by atoms with Crippen LogP contribution in [-0.4, -0.2) is 0 Å². The Morgan fingerprint density at radius 2 is 0.667 bits per heavy atom. The van der Waals surface area contributed by atoms with Gasteiger partial charge in [0.1, 0.15) is 0 Å². The Labute approximate surface area is 92.7 Å². The summed E-state index contributed by atoms with van der Waals surface area (Å²) in [6.07, 6.45) is 0. The van der Waals surface area contributed by atoms with E-state index >= 15 is 0 Å². The van der Waals surface area contributed by atoms with Crippen molar-refractivity contribution < 1.29 is 93.2 Å². The molecule has 0 aromatic carbocycles. The van der Waals surface area contributed by atoms with Crippen LogP contribution in [0.4, 0.5) is 0 Å². The molecule has 0 atom stereocenters. The first kappa shape index (κ1) is 23.2. The summed E-state index contributed by atoms with van der Waals surface area (Å²) in [6, 6.07) is 0. The standard InChI is InChI=1S/2Cr.Cu.Mn.8O/q;;2*+2;;;;;4*-1. The summed E-state index contributed by atoms with van der Waals surface area (Å²) in [5.41, 5.74) is 0. The van der Waals surface area contributed by atoms with Crippen LogP contribution >= 0.6 is 0 Å². The maximum atomic E-state index is 8.59. The van der Waals surface area contributed by atoms with E-state index < -0.39 is 27.2 Å². The summed E-state index contributed by atoms with van der Waals surface area (Å²) in [7, 11) is 0. The number of rotatable bonds is 0. The van der Waals surface area contributed by atoms with Gasteiger partial charge in [-0.25, -0.2) is 0 Å². The quantitative estimate of drug-likeness (QED) is 0.391. The van der Waals surface area contributed by atoms with Crippen LogP contribution in [-0.2, 0) is 76.6 Å². The molecule has 0 aliphatic heterocycles. The molecule has 0 N–H and O–H groups in total. The summed E-state index contributed by atoms with van der Waals surface area (Å²) in [5.74, 6) is 0. The van der Waals surface area contributed by atoms with E-state index in [9.17, 15) is 0 Å². The second-order valence-electron chi connectivity index (χ2n) is 0.816. The zero-order valence-corrected chi connectivity index (χ0v) is 9.43. The number of hydrogen-bond donors (Lipinski definition) is 0. The summed E-state index contributed by atoms with van der Waals surface area (Å²) < 4.78 is 68.8. The van der Waals surface area contributed by atoms with Crippen LogP contribution in [0.15, 0.2) is 0 Å². The van der Waals surface area contributed by atoms with Gasteiger partial charge in [0, 0.05) is 0 Å². The molecule has 0 fully saturated rings. The van der Waals surface area contributed by atoms with E-state index in [1.165, 1.54) is 0 Å². The summed E-state index contributed by atoms with van der Waals surface area (Å²) in [5, 5.41) is 0. The molecule has 78 valence electrons. The zero-order chi connectivity index (χ0) is 9.00. The minimum atomic E-state index is -5.75. The van der Waals surface area contributed by atoms with E-state index in [-0.39, 0.29) is 34.1 Å². The van der Waals surface area contributed by atoms with Gasteiger partial charge in [0.25, 0.3) is 0 Å². The second kappa shape index (κ2) is 8.73. The molecular weight excluding hydrogens is 350 g/mol. The van der Waals surface area contributed by atoms with Crippen molar-refractivity contribution in [1.29, 1.82) is 0 Å². The zero-order valence-electron chi connectivity index (χ0n) is 4.76. The van der Waals surface area contributed by atoms with Crippen LogP contribution in [0.25, 0.3) is 0 Å². The predicted molar refractivity (Wildman–Crippen MR) is 2.75 cm³/mol. The SMILES string of the molecule is [Cu+2].[Mn+2].[O]=[Cr](=[O])([O-])[O-].[O]=[Cr](=[O])([O-])[O-]. The van der Waals surface area contributed by atoms with E-state index in [1.54, 1.807) is 0 Å². The van der Waals surface area contributed by atoms with Gasteiger partial charge in [0.05, 0.1) is 0 Å². The molecule has 8 nitrogen and oxygen atoms in total. The van der Waals surface area contributed by atoms with Crippen molar-refractivity contribution in [3.8, 4) is 0 Å². The molecule has 0 saturated carbocycles. The van der Waals surface area contributed by atoms with Gasteiger partial charge < -0.3 is 0 Å². The van der Waals surface area contributed by atoms with Crippen molar-refractivity contribution >= 4 is 0 Å². The van der Waals surface area contributed by atoms with Gasteiger partial charge in [0.15, 0.2) is 0 Å². The van der Waals surface area contributed by atoms with E-state index in [0.29, 0.717) is 0 Å². The van der Waals surface area contributed by atoms with Gasteiger partial charge in [-0.15, -0.1) is 0 Å². The molecule has 0 aliphatic carbocycles. The third-order valence-corrected chi connectivity index (χ3v) is 0. The summed E-state index contributed by atoms with van der Waals surface area (Å²) in [6.45, 7) is 0. The first-order chi connectivity index (χ1) is 4.00. The van der Waals surface area contributed by atoms with Crippen LogP contribution in [0.1, 0.15) is 0 Å². The third kappa shape index (κ3) is 876. The predicted octanol–water partition coefficient (Wildman–Crippen LogP) is -5.24. The Kier molecular flexibility index (Phi) is 16.9. The fourth-order valence-corrected chi connectivity index (χ4v) is 0. The normalized spacial score (nSPS) is 9.67. The molecule has 0 aromatic heterocycles. The molecule has 0 saturated heterocycles. The van der Waals surface area contributed by atoms with Crippen LogP contribution in [0, 0.1) is 0 Å². The Hall–Kier alpha value is 1.14. The molecule has 12 heavy (non-hydrogen) atoms. The topological polar surface area (TPSA) is 161 Å². The van der Waals surface area contributed by atoms with Gasteiger partial charge in [-0.3, -0.25) is 0 Å². The van der Waals surface area contributed by atoms with Gasteiger partial charge >= 0.3 is 93.2 Å². The molecule has 0 amide bonds. The van der Waals surface area contributed by atoms with Crippen LogP contribution in [0.5, 0.6) is 0 Å². The van der Waals surface area contributed by atoms with Crippen molar-refractivity contribution in [2.24, 2.45) is 0 Å². The molecule has 12 heteroatoms. The fourth-order valence-electron chi connectivity index (χ4n) is 0. The van der Waals surface area contributed by atoms with Crippen molar-refractivity contribution in [2.75, 3.05) is 0 Å². The van der Waals surface area contributed by atoms with Gasteiger partial charge in [-0.1, -0.05) is 0 Å². The molecule has 0 aliphatic rings. The first-order valence-electron chi connectivity index (χ1n) is 1.33. The maximum absolute atomic E-state index is 8.59. The summed E-state index contributed by atoms with van der Waals surface area (Å²) in [4.78, 5) is 0. The monoisotopic (exact) mass is 350 g/mol. The molecule has 0 bridgehead atoms. The van der Waals surface area contributed by atoms with E-state index in [0.717, 1.165) is 0 Å². The third-order valence-electron chi connectivity index (χ3n) is 0. The molecule has 0 aromatic rings. The molecule has 0 unspecified atom stereocenters. The van der Waals surface area contributed by atoms with E-state index in [1.807, 2.05) is 0 Å². The first-order valence-corrected chi connectivity index (χ1v) is 5.50. The Morgan fingerprint density at radius 1 is 0.667 bits per heavy atom. The fraction of sp³-hybridized carbons (Fsp3) is 0. The van der Waals surface area contributed by atoms with Crippen LogP contribution in [0.2, 0.25) is 0 Å². The molecular formula is Cr2CuMnO8. The van der Waals surface area contributed by atoms with Gasteiger partial charge in [-0.05, 0) is 0 Å². The van der Waals surface area contributed by atoms with E-state index in [4.69, 9.17) is 31.8 Å². The Bertz CT molecular complexity index is 213. The average molecular weight is 350 g/mol. The van der Waals surface area contributed by atoms with Crippen molar-refractivity contribution in [3.05, 3.63) is 0 Å². The molecule has 0 rings (SSSR count). The Balaban J connectivity index is -0.0000000457. The Morgan fingerprint density at radius 3 is 0.667 bits per heavy atom. The van der Waals surface area contributed by atoms with Crippen LogP contribution < -0.4 is 16.6 Å². The molecule has 2 radical (unpaired) electrons. The minimum absolute atomic E-state index is 0.